The topological polar surface area (TPSA) is 14.2 Å². The maximum atomic E-state index is 5.97. The van der Waals surface area contributed by atoms with E-state index >= 15 is 0 Å². The number of benzene rings is 3. The number of allylic oxidation sites excluding steroid dienone is 1. The first-order valence-electron chi connectivity index (χ1n) is 10.6. The number of ether oxygens (including phenoxy) is 1. The summed E-state index contributed by atoms with van der Waals surface area (Å²) in [6.07, 6.45) is 5.07. The summed E-state index contributed by atoms with van der Waals surface area (Å²) in [5, 5.41) is 0. The third-order valence-corrected chi connectivity index (χ3v) is 6.06. The van der Waals surface area contributed by atoms with E-state index in [-0.39, 0.29) is 0 Å². The smallest absolute Gasteiger partial charge is 0.119 e. The van der Waals surface area contributed by atoms with Crippen LogP contribution in [-0.2, 0) is 6.54 Å². The second-order valence-corrected chi connectivity index (χ2v) is 8.62. The van der Waals surface area contributed by atoms with Crippen LogP contribution in [-0.4, -0.2) is 11.2 Å². The third-order valence-electron chi connectivity index (χ3n) is 5.34. The van der Waals surface area contributed by atoms with Gasteiger partial charge in [0.05, 0.1) is 6.54 Å². The SMILES string of the molecule is CC/C(=C(\c1ccc(I)cc1)c1ccc(OCCn2cccc2)cc1)c1ccccc1. The number of aromatic nitrogens is 1. The van der Waals surface area contributed by atoms with Gasteiger partial charge in [-0.3, -0.25) is 0 Å². The lowest BCUT2D eigenvalue weighted by molar-refractivity contribution is 0.298. The second kappa shape index (κ2) is 10.5. The van der Waals surface area contributed by atoms with Gasteiger partial charge in [-0.2, -0.15) is 0 Å². The van der Waals surface area contributed by atoms with E-state index < -0.39 is 0 Å². The van der Waals surface area contributed by atoms with Crippen molar-refractivity contribution in [2.24, 2.45) is 0 Å². The van der Waals surface area contributed by atoms with Gasteiger partial charge < -0.3 is 9.30 Å². The van der Waals surface area contributed by atoms with Crippen molar-refractivity contribution in [2.45, 2.75) is 19.9 Å². The van der Waals surface area contributed by atoms with Crippen LogP contribution in [0.2, 0.25) is 0 Å². The average molecular weight is 519 g/mol. The lowest BCUT2D eigenvalue weighted by atomic mass is 9.88. The zero-order chi connectivity index (χ0) is 21.5. The Labute approximate surface area is 198 Å². The van der Waals surface area contributed by atoms with Crippen LogP contribution in [0, 0.1) is 3.57 Å². The van der Waals surface area contributed by atoms with E-state index in [9.17, 15) is 0 Å². The van der Waals surface area contributed by atoms with Gasteiger partial charge in [0, 0.05) is 16.0 Å². The van der Waals surface area contributed by atoms with Gasteiger partial charge in [0.15, 0.2) is 0 Å². The highest BCUT2D eigenvalue weighted by Gasteiger charge is 2.13. The predicted octanol–water partition coefficient (Wildman–Crippen LogP) is 7.54. The minimum absolute atomic E-state index is 0.651. The Kier molecular flexibility index (Phi) is 7.26. The Morgan fingerprint density at radius 1 is 0.742 bits per heavy atom. The van der Waals surface area contributed by atoms with E-state index in [2.05, 4.69) is 125 Å². The predicted molar refractivity (Wildman–Crippen MR) is 138 cm³/mol. The number of hydrogen-bond donors (Lipinski definition) is 0. The molecule has 0 aliphatic carbocycles. The maximum absolute atomic E-state index is 5.97. The Morgan fingerprint density at radius 2 is 1.35 bits per heavy atom. The minimum atomic E-state index is 0.651. The normalized spacial score (nSPS) is 11.8. The van der Waals surface area contributed by atoms with Crippen molar-refractivity contribution < 1.29 is 4.74 Å². The average Bonchev–Trinajstić information content (AvgIpc) is 3.33. The molecule has 156 valence electrons. The molecule has 0 amide bonds. The summed E-state index contributed by atoms with van der Waals surface area (Å²) in [5.41, 5.74) is 6.35. The molecule has 3 aromatic carbocycles. The minimum Gasteiger partial charge on any atom is -0.492 e. The second-order valence-electron chi connectivity index (χ2n) is 7.37. The molecule has 0 saturated heterocycles. The molecule has 1 heterocycles. The molecule has 3 heteroatoms. The van der Waals surface area contributed by atoms with Gasteiger partial charge >= 0.3 is 0 Å². The van der Waals surface area contributed by atoms with Crippen molar-refractivity contribution in [1.29, 1.82) is 0 Å². The van der Waals surface area contributed by atoms with Crippen LogP contribution in [0.3, 0.4) is 0 Å². The zero-order valence-corrected chi connectivity index (χ0v) is 19.8. The monoisotopic (exact) mass is 519 g/mol. The maximum Gasteiger partial charge on any atom is 0.119 e. The first kappa shape index (κ1) is 21.4. The molecule has 31 heavy (non-hydrogen) atoms. The van der Waals surface area contributed by atoms with E-state index in [1.165, 1.54) is 31.4 Å². The van der Waals surface area contributed by atoms with Crippen molar-refractivity contribution in [1.82, 2.24) is 4.57 Å². The molecule has 0 unspecified atom stereocenters. The Balaban J connectivity index is 1.65. The van der Waals surface area contributed by atoms with Gasteiger partial charge in [0.1, 0.15) is 12.4 Å². The third kappa shape index (κ3) is 5.47. The lowest BCUT2D eigenvalue weighted by Gasteiger charge is -2.17. The van der Waals surface area contributed by atoms with Crippen molar-refractivity contribution >= 4 is 33.7 Å². The Hall–Kier alpha value is -2.79. The van der Waals surface area contributed by atoms with Crippen LogP contribution in [0.25, 0.3) is 11.1 Å². The molecule has 0 bridgehead atoms. The molecule has 0 aliphatic heterocycles. The summed E-state index contributed by atoms with van der Waals surface area (Å²) in [4.78, 5) is 0. The van der Waals surface area contributed by atoms with E-state index in [1.54, 1.807) is 0 Å². The first-order chi connectivity index (χ1) is 15.2. The molecule has 1 aromatic heterocycles. The van der Waals surface area contributed by atoms with Crippen molar-refractivity contribution in [3.8, 4) is 5.75 Å². The highest BCUT2D eigenvalue weighted by Crippen LogP contribution is 2.35. The van der Waals surface area contributed by atoms with Gasteiger partial charge in [-0.05, 0) is 93.2 Å². The summed E-state index contributed by atoms with van der Waals surface area (Å²) in [5.74, 6) is 0.899. The summed E-state index contributed by atoms with van der Waals surface area (Å²) in [6, 6.07) is 32.1. The molecule has 4 rings (SSSR count). The lowest BCUT2D eigenvalue weighted by Crippen LogP contribution is -2.06. The standard InChI is InChI=1S/C28H26INO/c1-2-27(22-8-4-3-5-9-22)28(23-10-14-25(29)15-11-23)24-12-16-26(17-13-24)31-21-20-30-18-6-7-19-30/h3-19H,2,20-21H2,1H3/b28-27-. The highest BCUT2D eigenvalue weighted by molar-refractivity contribution is 14.1. The number of halogens is 1. The van der Waals surface area contributed by atoms with Gasteiger partial charge in [-0.25, -0.2) is 0 Å². The van der Waals surface area contributed by atoms with Gasteiger partial charge in [0.25, 0.3) is 0 Å². The number of hydrogen-bond acceptors (Lipinski definition) is 1. The summed E-state index contributed by atoms with van der Waals surface area (Å²) in [6.45, 7) is 3.72. The molecule has 0 saturated carbocycles. The summed E-state index contributed by atoms with van der Waals surface area (Å²) < 4.78 is 9.33. The van der Waals surface area contributed by atoms with Gasteiger partial charge in [-0.15, -0.1) is 0 Å². The van der Waals surface area contributed by atoms with E-state index in [4.69, 9.17) is 4.74 Å². The fourth-order valence-electron chi connectivity index (χ4n) is 3.80. The first-order valence-corrected chi connectivity index (χ1v) is 11.7. The Morgan fingerprint density at radius 3 is 1.97 bits per heavy atom. The zero-order valence-electron chi connectivity index (χ0n) is 17.7. The quantitative estimate of drug-likeness (QED) is 0.173. The summed E-state index contributed by atoms with van der Waals surface area (Å²) >= 11 is 2.36. The molecule has 0 fully saturated rings. The molecule has 2 nitrogen and oxygen atoms in total. The van der Waals surface area contributed by atoms with Crippen molar-refractivity contribution in [2.75, 3.05) is 6.61 Å². The van der Waals surface area contributed by atoms with Crippen LogP contribution in [0.4, 0.5) is 0 Å². The van der Waals surface area contributed by atoms with Gasteiger partial charge in [-0.1, -0.05) is 61.5 Å². The van der Waals surface area contributed by atoms with Crippen molar-refractivity contribution in [3.63, 3.8) is 0 Å². The van der Waals surface area contributed by atoms with Crippen molar-refractivity contribution in [3.05, 3.63) is 124 Å². The van der Waals surface area contributed by atoms with E-state index in [0.717, 1.165) is 18.7 Å². The number of nitrogens with zero attached hydrogens (tertiary/aromatic N) is 1. The molecule has 0 spiro atoms. The van der Waals surface area contributed by atoms with E-state index in [0.29, 0.717) is 6.61 Å². The van der Waals surface area contributed by atoms with Crippen LogP contribution in [0.1, 0.15) is 30.0 Å². The van der Waals surface area contributed by atoms with Crippen LogP contribution in [0.5, 0.6) is 5.75 Å². The molecule has 0 atom stereocenters. The fourth-order valence-corrected chi connectivity index (χ4v) is 4.16. The van der Waals surface area contributed by atoms with Crippen LogP contribution >= 0.6 is 22.6 Å². The molecular formula is C28H26INO. The van der Waals surface area contributed by atoms with Gasteiger partial charge in [0.2, 0.25) is 0 Å². The Bertz CT molecular complexity index is 1110. The van der Waals surface area contributed by atoms with Crippen LogP contribution < -0.4 is 4.74 Å². The molecule has 0 N–H and O–H groups in total. The fraction of sp³-hybridized carbons (Fsp3) is 0.143. The number of rotatable bonds is 8. The molecule has 4 aromatic rings. The van der Waals surface area contributed by atoms with Crippen LogP contribution in [0.15, 0.2) is 103 Å². The summed E-state index contributed by atoms with van der Waals surface area (Å²) in [7, 11) is 0. The molecular weight excluding hydrogens is 493 g/mol. The highest BCUT2D eigenvalue weighted by atomic mass is 127. The van der Waals surface area contributed by atoms with E-state index in [1.807, 2.05) is 12.1 Å². The molecule has 0 aliphatic rings. The molecule has 0 radical (unpaired) electrons. The largest absolute Gasteiger partial charge is 0.492 e.